The van der Waals surface area contributed by atoms with Gasteiger partial charge in [-0.05, 0) is 6.42 Å². The van der Waals surface area contributed by atoms with Crippen molar-refractivity contribution >= 4 is 11.5 Å². The molecule has 0 bridgehead atoms. The number of nitrogens with two attached hydrogens (primary N) is 1. The Bertz CT molecular complexity index is 278. The first-order valence-corrected chi connectivity index (χ1v) is 4.84. The van der Waals surface area contributed by atoms with E-state index in [9.17, 15) is 0 Å². The first-order chi connectivity index (χ1) is 6.69. The molecular weight excluding hydrogens is 180 g/mol. The third-order valence-electron chi connectivity index (χ3n) is 2.00. The lowest BCUT2D eigenvalue weighted by Crippen LogP contribution is -2.28. The van der Waals surface area contributed by atoms with Crippen molar-refractivity contribution in [2.75, 3.05) is 30.3 Å². The topological polar surface area (TPSA) is 67.3 Å². The molecule has 0 aliphatic carbocycles. The van der Waals surface area contributed by atoms with E-state index in [1.807, 2.05) is 11.9 Å². The summed E-state index contributed by atoms with van der Waals surface area (Å²) in [4.78, 5) is 2.00. The molecule has 1 rings (SSSR count). The van der Waals surface area contributed by atoms with Crippen molar-refractivity contribution in [2.24, 2.45) is 7.05 Å². The standard InChI is InChI=1S/C9H18N4O/c1-3-4-13(5-6-14)9-8(10)7-12(2)11-9/h7,14H,3-6,10H2,1-2H3. The van der Waals surface area contributed by atoms with Gasteiger partial charge in [0.15, 0.2) is 5.82 Å². The van der Waals surface area contributed by atoms with Crippen molar-refractivity contribution in [1.82, 2.24) is 9.78 Å². The predicted octanol–water partition coefficient (Wildman–Crippen LogP) is 0.211. The molecule has 0 aromatic carbocycles. The van der Waals surface area contributed by atoms with Crippen LogP contribution < -0.4 is 10.6 Å². The lowest BCUT2D eigenvalue weighted by molar-refractivity contribution is 0.301. The molecule has 1 aromatic heterocycles. The van der Waals surface area contributed by atoms with Gasteiger partial charge >= 0.3 is 0 Å². The van der Waals surface area contributed by atoms with Crippen molar-refractivity contribution in [3.05, 3.63) is 6.20 Å². The zero-order valence-corrected chi connectivity index (χ0v) is 8.77. The summed E-state index contributed by atoms with van der Waals surface area (Å²) in [5.74, 6) is 0.767. The Balaban J connectivity index is 2.80. The number of hydrogen-bond donors (Lipinski definition) is 2. The molecule has 1 heterocycles. The largest absolute Gasteiger partial charge is 0.395 e. The molecule has 0 fully saturated rings. The van der Waals surface area contributed by atoms with Crippen molar-refractivity contribution in [1.29, 1.82) is 0 Å². The van der Waals surface area contributed by atoms with E-state index >= 15 is 0 Å². The number of nitrogens with zero attached hydrogens (tertiary/aromatic N) is 3. The summed E-state index contributed by atoms with van der Waals surface area (Å²) in [7, 11) is 1.84. The summed E-state index contributed by atoms with van der Waals surface area (Å²) < 4.78 is 1.69. The molecule has 80 valence electrons. The molecule has 0 saturated heterocycles. The average Bonchev–Trinajstić information content (AvgIpc) is 2.45. The number of aromatic nitrogens is 2. The third kappa shape index (κ3) is 2.38. The SMILES string of the molecule is CCCN(CCO)c1nn(C)cc1N. The van der Waals surface area contributed by atoms with Gasteiger partial charge in [0.1, 0.15) is 0 Å². The Morgan fingerprint density at radius 1 is 1.57 bits per heavy atom. The Labute approximate surface area is 84.1 Å². The van der Waals surface area contributed by atoms with Gasteiger partial charge < -0.3 is 15.7 Å². The highest BCUT2D eigenvalue weighted by Crippen LogP contribution is 2.19. The highest BCUT2D eigenvalue weighted by molar-refractivity contribution is 5.61. The normalized spacial score (nSPS) is 10.5. The van der Waals surface area contributed by atoms with Crippen LogP contribution in [0.25, 0.3) is 0 Å². The summed E-state index contributed by atoms with van der Waals surface area (Å²) >= 11 is 0. The van der Waals surface area contributed by atoms with Crippen LogP contribution in [0.15, 0.2) is 6.20 Å². The van der Waals surface area contributed by atoms with E-state index in [1.165, 1.54) is 0 Å². The summed E-state index contributed by atoms with van der Waals surface area (Å²) in [6.07, 6.45) is 2.78. The minimum atomic E-state index is 0.121. The second-order valence-corrected chi connectivity index (χ2v) is 3.29. The smallest absolute Gasteiger partial charge is 0.173 e. The summed E-state index contributed by atoms with van der Waals surface area (Å²) in [6, 6.07) is 0. The molecule has 0 unspecified atom stereocenters. The summed E-state index contributed by atoms with van der Waals surface area (Å²) in [5, 5.41) is 13.2. The van der Waals surface area contributed by atoms with Crippen LogP contribution in [0.2, 0.25) is 0 Å². The van der Waals surface area contributed by atoms with E-state index in [0.29, 0.717) is 12.2 Å². The summed E-state index contributed by atoms with van der Waals surface area (Å²) in [5.41, 5.74) is 6.46. The van der Waals surface area contributed by atoms with E-state index in [-0.39, 0.29) is 6.61 Å². The maximum Gasteiger partial charge on any atom is 0.173 e. The molecule has 14 heavy (non-hydrogen) atoms. The van der Waals surface area contributed by atoms with Crippen LogP contribution >= 0.6 is 0 Å². The van der Waals surface area contributed by atoms with Gasteiger partial charge in [-0.3, -0.25) is 4.68 Å². The van der Waals surface area contributed by atoms with Crippen LogP contribution in [-0.4, -0.2) is 34.6 Å². The molecule has 0 spiro atoms. The van der Waals surface area contributed by atoms with Gasteiger partial charge in [-0.15, -0.1) is 0 Å². The Hall–Kier alpha value is -1.23. The van der Waals surface area contributed by atoms with Crippen LogP contribution in [0.5, 0.6) is 0 Å². The fourth-order valence-electron chi connectivity index (χ4n) is 1.46. The van der Waals surface area contributed by atoms with Crippen molar-refractivity contribution in [3.63, 3.8) is 0 Å². The van der Waals surface area contributed by atoms with E-state index < -0.39 is 0 Å². The Kier molecular flexibility index (Phi) is 3.76. The minimum absolute atomic E-state index is 0.121. The molecular formula is C9H18N4O. The third-order valence-corrected chi connectivity index (χ3v) is 2.00. The molecule has 1 aromatic rings. The highest BCUT2D eigenvalue weighted by atomic mass is 16.3. The van der Waals surface area contributed by atoms with Crippen LogP contribution in [0, 0.1) is 0 Å². The van der Waals surface area contributed by atoms with Crippen LogP contribution in [0.3, 0.4) is 0 Å². The number of rotatable bonds is 5. The number of hydrogen-bond acceptors (Lipinski definition) is 4. The Morgan fingerprint density at radius 2 is 2.29 bits per heavy atom. The molecule has 5 heteroatoms. The van der Waals surface area contributed by atoms with Gasteiger partial charge in [0.05, 0.1) is 12.3 Å². The quantitative estimate of drug-likeness (QED) is 0.710. The number of anilines is 2. The van der Waals surface area contributed by atoms with Gasteiger partial charge in [-0.1, -0.05) is 6.92 Å². The van der Waals surface area contributed by atoms with Gasteiger partial charge in [0.2, 0.25) is 0 Å². The number of aliphatic hydroxyl groups is 1. The maximum atomic E-state index is 8.91. The van der Waals surface area contributed by atoms with Gasteiger partial charge in [-0.2, -0.15) is 5.10 Å². The monoisotopic (exact) mass is 198 g/mol. The van der Waals surface area contributed by atoms with E-state index in [2.05, 4.69) is 12.0 Å². The molecule has 0 atom stereocenters. The number of nitrogen functional groups attached to an aromatic ring is 1. The van der Waals surface area contributed by atoms with Crippen LogP contribution in [0.1, 0.15) is 13.3 Å². The number of aliphatic hydroxyl groups excluding tert-OH is 1. The van der Waals surface area contributed by atoms with Crippen LogP contribution in [0.4, 0.5) is 11.5 Å². The van der Waals surface area contributed by atoms with E-state index in [4.69, 9.17) is 10.8 Å². The lowest BCUT2D eigenvalue weighted by Gasteiger charge is -2.20. The second-order valence-electron chi connectivity index (χ2n) is 3.29. The fourth-order valence-corrected chi connectivity index (χ4v) is 1.46. The van der Waals surface area contributed by atoms with Crippen molar-refractivity contribution < 1.29 is 5.11 Å². The zero-order valence-electron chi connectivity index (χ0n) is 8.77. The molecule has 0 saturated carbocycles. The van der Waals surface area contributed by atoms with E-state index in [1.54, 1.807) is 10.9 Å². The first-order valence-electron chi connectivity index (χ1n) is 4.84. The van der Waals surface area contributed by atoms with Gasteiger partial charge in [-0.25, -0.2) is 0 Å². The molecule has 0 aliphatic rings. The summed E-state index contributed by atoms with van der Waals surface area (Å²) in [6.45, 7) is 3.65. The molecule has 5 nitrogen and oxygen atoms in total. The highest BCUT2D eigenvalue weighted by Gasteiger charge is 2.11. The lowest BCUT2D eigenvalue weighted by atomic mass is 10.3. The van der Waals surface area contributed by atoms with Gasteiger partial charge in [0, 0.05) is 26.3 Å². The second kappa shape index (κ2) is 4.85. The minimum Gasteiger partial charge on any atom is -0.395 e. The van der Waals surface area contributed by atoms with E-state index in [0.717, 1.165) is 18.8 Å². The maximum absolute atomic E-state index is 8.91. The molecule has 3 N–H and O–H groups in total. The predicted molar refractivity (Wildman–Crippen MR) is 57.2 cm³/mol. The van der Waals surface area contributed by atoms with Gasteiger partial charge in [0.25, 0.3) is 0 Å². The average molecular weight is 198 g/mol. The molecule has 0 radical (unpaired) electrons. The Morgan fingerprint density at radius 3 is 2.71 bits per heavy atom. The zero-order chi connectivity index (χ0) is 10.6. The van der Waals surface area contributed by atoms with Crippen molar-refractivity contribution in [2.45, 2.75) is 13.3 Å². The van der Waals surface area contributed by atoms with Crippen LogP contribution in [-0.2, 0) is 7.05 Å². The fraction of sp³-hybridized carbons (Fsp3) is 0.667. The number of aryl methyl sites for hydroxylation is 1. The van der Waals surface area contributed by atoms with Crippen molar-refractivity contribution in [3.8, 4) is 0 Å². The molecule has 0 amide bonds. The first kappa shape index (κ1) is 10.8. The molecule has 0 aliphatic heterocycles.